The molecule has 0 bridgehead atoms. The highest BCUT2D eigenvalue weighted by Crippen LogP contribution is 2.32. The monoisotopic (exact) mass is 199 g/mol. The van der Waals surface area contributed by atoms with Crippen LogP contribution < -0.4 is 5.32 Å². The van der Waals surface area contributed by atoms with Gasteiger partial charge in [0.05, 0.1) is 5.60 Å². The first kappa shape index (κ1) is 12.0. The minimum absolute atomic E-state index is 0.0763. The molecule has 1 saturated heterocycles. The van der Waals surface area contributed by atoms with Crippen molar-refractivity contribution in [2.24, 2.45) is 11.8 Å². The van der Waals surface area contributed by atoms with Crippen LogP contribution in [0.25, 0.3) is 0 Å². The van der Waals surface area contributed by atoms with Crippen LogP contribution >= 0.6 is 0 Å². The molecule has 0 aromatic heterocycles. The van der Waals surface area contributed by atoms with Gasteiger partial charge in [-0.3, -0.25) is 0 Å². The normalized spacial score (nSPS) is 29.1. The van der Waals surface area contributed by atoms with Crippen LogP contribution in [0.5, 0.6) is 0 Å². The third kappa shape index (κ3) is 2.96. The maximum atomic E-state index is 5.74. The zero-order valence-corrected chi connectivity index (χ0v) is 10.3. The molecule has 1 N–H and O–H groups in total. The van der Waals surface area contributed by atoms with Crippen LogP contribution in [0.4, 0.5) is 0 Å². The Bertz CT molecular complexity index is 177. The van der Waals surface area contributed by atoms with Crippen molar-refractivity contribution in [3.8, 4) is 0 Å². The van der Waals surface area contributed by atoms with Crippen molar-refractivity contribution < 1.29 is 4.74 Å². The Labute approximate surface area is 88.4 Å². The van der Waals surface area contributed by atoms with Crippen LogP contribution in [-0.2, 0) is 4.74 Å². The van der Waals surface area contributed by atoms with Gasteiger partial charge in [-0.1, -0.05) is 13.8 Å². The fourth-order valence-corrected chi connectivity index (χ4v) is 2.70. The van der Waals surface area contributed by atoms with Gasteiger partial charge in [-0.05, 0) is 45.6 Å². The molecule has 1 fully saturated rings. The second-order valence-electron chi connectivity index (χ2n) is 5.42. The maximum Gasteiger partial charge on any atom is 0.0629 e. The molecule has 0 spiro atoms. The largest absolute Gasteiger partial charge is 0.376 e. The van der Waals surface area contributed by atoms with E-state index in [-0.39, 0.29) is 5.60 Å². The number of nitrogens with one attached hydrogen (secondary N) is 1. The molecule has 1 aliphatic rings. The summed E-state index contributed by atoms with van der Waals surface area (Å²) in [7, 11) is 2.08. The van der Waals surface area contributed by atoms with E-state index in [0.29, 0.717) is 12.0 Å². The molecule has 0 aromatic carbocycles. The summed E-state index contributed by atoms with van der Waals surface area (Å²) in [4.78, 5) is 0. The highest BCUT2D eigenvalue weighted by molar-refractivity contribution is 4.86. The molecule has 1 rings (SSSR count). The van der Waals surface area contributed by atoms with Crippen LogP contribution in [0.2, 0.25) is 0 Å². The molecule has 0 radical (unpaired) electrons. The SMILES string of the molecule is CNC(C(C)C)C1CCOC(C)(C)C1. The lowest BCUT2D eigenvalue weighted by Gasteiger charge is -2.40. The molecule has 0 aliphatic carbocycles. The fourth-order valence-electron chi connectivity index (χ4n) is 2.70. The van der Waals surface area contributed by atoms with Gasteiger partial charge in [-0.25, -0.2) is 0 Å². The number of hydrogen-bond acceptors (Lipinski definition) is 2. The third-order valence-electron chi connectivity index (χ3n) is 3.29. The van der Waals surface area contributed by atoms with Crippen molar-refractivity contribution in [2.75, 3.05) is 13.7 Å². The Balaban J connectivity index is 2.58. The number of ether oxygens (including phenoxy) is 1. The van der Waals surface area contributed by atoms with Gasteiger partial charge in [0.2, 0.25) is 0 Å². The van der Waals surface area contributed by atoms with Crippen LogP contribution in [0.15, 0.2) is 0 Å². The summed E-state index contributed by atoms with van der Waals surface area (Å²) in [6, 6.07) is 0.637. The number of hydrogen-bond donors (Lipinski definition) is 1. The third-order valence-corrected chi connectivity index (χ3v) is 3.29. The standard InChI is InChI=1S/C12H25NO/c1-9(2)11(13-5)10-6-7-14-12(3,4)8-10/h9-11,13H,6-8H2,1-5H3. The Kier molecular flexibility index (Phi) is 3.96. The van der Waals surface area contributed by atoms with Crippen molar-refractivity contribution >= 4 is 0 Å². The summed E-state index contributed by atoms with van der Waals surface area (Å²) in [6.07, 6.45) is 2.38. The molecule has 14 heavy (non-hydrogen) atoms. The van der Waals surface area contributed by atoms with E-state index in [9.17, 15) is 0 Å². The topological polar surface area (TPSA) is 21.3 Å². The molecule has 2 atom stereocenters. The van der Waals surface area contributed by atoms with E-state index >= 15 is 0 Å². The lowest BCUT2D eigenvalue weighted by Crippen LogP contribution is -2.45. The molecule has 2 unspecified atom stereocenters. The zero-order chi connectivity index (χ0) is 10.8. The van der Waals surface area contributed by atoms with E-state index in [1.54, 1.807) is 0 Å². The van der Waals surface area contributed by atoms with Crippen molar-refractivity contribution in [2.45, 2.75) is 52.2 Å². The molecule has 2 heteroatoms. The predicted octanol–water partition coefficient (Wildman–Crippen LogP) is 2.44. The van der Waals surface area contributed by atoms with E-state index in [0.717, 1.165) is 12.5 Å². The van der Waals surface area contributed by atoms with Gasteiger partial charge >= 0.3 is 0 Å². The average Bonchev–Trinajstić information content (AvgIpc) is 2.02. The first-order chi connectivity index (χ1) is 6.46. The second-order valence-corrected chi connectivity index (χ2v) is 5.42. The van der Waals surface area contributed by atoms with Crippen molar-refractivity contribution in [1.82, 2.24) is 5.32 Å². The molecule has 0 amide bonds. The predicted molar refractivity (Wildman–Crippen MR) is 60.4 cm³/mol. The Hall–Kier alpha value is -0.0800. The van der Waals surface area contributed by atoms with Crippen LogP contribution in [0.1, 0.15) is 40.5 Å². The minimum Gasteiger partial charge on any atom is -0.376 e. The summed E-state index contributed by atoms with van der Waals surface area (Å²) in [5.74, 6) is 1.47. The second kappa shape index (κ2) is 4.63. The van der Waals surface area contributed by atoms with Gasteiger partial charge in [-0.2, -0.15) is 0 Å². The van der Waals surface area contributed by atoms with Crippen molar-refractivity contribution in [1.29, 1.82) is 0 Å². The minimum atomic E-state index is 0.0763. The Morgan fingerprint density at radius 2 is 2.00 bits per heavy atom. The molecule has 1 heterocycles. The van der Waals surface area contributed by atoms with Gasteiger partial charge in [-0.15, -0.1) is 0 Å². The lowest BCUT2D eigenvalue weighted by atomic mass is 9.79. The van der Waals surface area contributed by atoms with Crippen molar-refractivity contribution in [3.63, 3.8) is 0 Å². The van der Waals surface area contributed by atoms with E-state index in [1.165, 1.54) is 12.8 Å². The quantitative estimate of drug-likeness (QED) is 0.754. The van der Waals surface area contributed by atoms with Gasteiger partial charge in [0.15, 0.2) is 0 Å². The zero-order valence-electron chi connectivity index (χ0n) is 10.3. The summed E-state index contributed by atoms with van der Waals surface area (Å²) in [5.41, 5.74) is 0.0763. The number of rotatable bonds is 3. The lowest BCUT2D eigenvalue weighted by molar-refractivity contribution is -0.0804. The fraction of sp³-hybridized carbons (Fsp3) is 1.00. The van der Waals surface area contributed by atoms with E-state index in [2.05, 4.69) is 40.1 Å². The highest BCUT2D eigenvalue weighted by atomic mass is 16.5. The smallest absolute Gasteiger partial charge is 0.0629 e. The Morgan fingerprint density at radius 3 is 2.43 bits per heavy atom. The van der Waals surface area contributed by atoms with E-state index < -0.39 is 0 Å². The van der Waals surface area contributed by atoms with Crippen LogP contribution in [0.3, 0.4) is 0 Å². The highest BCUT2D eigenvalue weighted by Gasteiger charge is 2.33. The molecule has 0 aromatic rings. The molecular formula is C12H25NO. The van der Waals surface area contributed by atoms with E-state index in [1.807, 2.05) is 0 Å². The average molecular weight is 199 g/mol. The van der Waals surface area contributed by atoms with Gasteiger partial charge in [0, 0.05) is 12.6 Å². The molecule has 84 valence electrons. The summed E-state index contributed by atoms with van der Waals surface area (Å²) >= 11 is 0. The summed E-state index contributed by atoms with van der Waals surface area (Å²) in [5, 5.41) is 3.45. The maximum absolute atomic E-state index is 5.74. The van der Waals surface area contributed by atoms with Gasteiger partial charge < -0.3 is 10.1 Å². The van der Waals surface area contributed by atoms with Gasteiger partial charge in [0.1, 0.15) is 0 Å². The van der Waals surface area contributed by atoms with Gasteiger partial charge in [0.25, 0.3) is 0 Å². The summed E-state index contributed by atoms with van der Waals surface area (Å²) in [6.45, 7) is 9.91. The molecule has 1 aliphatic heterocycles. The van der Waals surface area contributed by atoms with Crippen LogP contribution in [-0.4, -0.2) is 25.3 Å². The first-order valence-electron chi connectivity index (χ1n) is 5.77. The molecular weight excluding hydrogens is 174 g/mol. The first-order valence-corrected chi connectivity index (χ1v) is 5.77. The summed E-state index contributed by atoms with van der Waals surface area (Å²) < 4.78 is 5.74. The Morgan fingerprint density at radius 1 is 1.36 bits per heavy atom. The van der Waals surface area contributed by atoms with Crippen LogP contribution in [0, 0.1) is 11.8 Å². The molecule has 0 saturated carbocycles. The van der Waals surface area contributed by atoms with E-state index in [4.69, 9.17) is 4.74 Å². The van der Waals surface area contributed by atoms with Crippen molar-refractivity contribution in [3.05, 3.63) is 0 Å². The molecule has 2 nitrogen and oxygen atoms in total.